The van der Waals surface area contributed by atoms with Gasteiger partial charge in [0.1, 0.15) is 12.2 Å². The van der Waals surface area contributed by atoms with Gasteiger partial charge in [0, 0.05) is 32.1 Å². The Morgan fingerprint density at radius 2 is 2.06 bits per heavy atom. The molecule has 18 heavy (non-hydrogen) atoms. The molecule has 2 rings (SSSR count). The van der Waals surface area contributed by atoms with Crippen LogP contribution in [0.2, 0.25) is 0 Å². The quantitative estimate of drug-likeness (QED) is 0.538. The zero-order valence-corrected chi connectivity index (χ0v) is 10.4. The van der Waals surface area contributed by atoms with Gasteiger partial charge < -0.3 is 14.2 Å². The molecule has 1 heterocycles. The molecule has 0 N–H and O–H groups in total. The lowest BCUT2D eigenvalue weighted by Gasteiger charge is -2.21. The third kappa shape index (κ3) is 2.63. The zero-order valence-electron chi connectivity index (χ0n) is 10.4. The molecule has 0 aromatic carbocycles. The second kappa shape index (κ2) is 4.96. The molecule has 1 saturated carbocycles. The van der Waals surface area contributed by atoms with Crippen LogP contribution in [0.4, 0.5) is 0 Å². The van der Waals surface area contributed by atoms with E-state index < -0.39 is 0 Å². The summed E-state index contributed by atoms with van der Waals surface area (Å²) < 4.78 is 15.4. The molecule has 0 unspecified atom stereocenters. The van der Waals surface area contributed by atoms with Gasteiger partial charge in [-0.3, -0.25) is 14.4 Å². The largest absolute Gasteiger partial charge is 0.465 e. The predicted molar refractivity (Wildman–Crippen MR) is 58.3 cm³/mol. The van der Waals surface area contributed by atoms with Crippen molar-refractivity contribution in [3.05, 3.63) is 0 Å². The van der Waals surface area contributed by atoms with Gasteiger partial charge in [0.05, 0.1) is 13.0 Å². The van der Waals surface area contributed by atoms with Crippen molar-refractivity contribution in [2.45, 2.75) is 38.9 Å². The number of ether oxygens (including phenoxy) is 3. The molecule has 0 radical (unpaired) electrons. The third-order valence-corrected chi connectivity index (χ3v) is 3.45. The summed E-state index contributed by atoms with van der Waals surface area (Å²) in [6.45, 7) is 2.82. The number of fused-ring (bicyclic) bond motifs is 1. The fourth-order valence-electron chi connectivity index (χ4n) is 2.75. The summed E-state index contributed by atoms with van der Waals surface area (Å²) in [5.74, 6) is -1.18. The number of hydrogen-bond donors (Lipinski definition) is 0. The minimum absolute atomic E-state index is 0.0267. The molecule has 0 amide bonds. The van der Waals surface area contributed by atoms with Gasteiger partial charge >= 0.3 is 17.9 Å². The lowest BCUT2D eigenvalue weighted by Crippen LogP contribution is -2.29. The first kappa shape index (κ1) is 12.9. The van der Waals surface area contributed by atoms with E-state index in [9.17, 15) is 14.4 Å². The Bertz CT molecular complexity index is 377. The van der Waals surface area contributed by atoms with Crippen LogP contribution in [0.5, 0.6) is 0 Å². The van der Waals surface area contributed by atoms with Crippen LogP contribution < -0.4 is 0 Å². The van der Waals surface area contributed by atoms with E-state index in [1.165, 1.54) is 13.8 Å². The number of carbonyl (C=O) groups excluding carboxylic acids is 3. The van der Waals surface area contributed by atoms with Crippen molar-refractivity contribution in [3.63, 3.8) is 0 Å². The average molecular weight is 256 g/mol. The Morgan fingerprint density at radius 1 is 1.33 bits per heavy atom. The molecule has 6 nitrogen and oxygen atoms in total. The average Bonchev–Trinajstić information content (AvgIpc) is 2.70. The highest BCUT2D eigenvalue weighted by atomic mass is 16.6. The van der Waals surface area contributed by atoms with Crippen molar-refractivity contribution >= 4 is 17.9 Å². The van der Waals surface area contributed by atoms with Gasteiger partial charge in [-0.25, -0.2) is 0 Å². The van der Waals surface area contributed by atoms with Gasteiger partial charge in [-0.2, -0.15) is 0 Å². The van der Waals surface area contributed by atoms with Crippen LogP contribution in [0.15, 0.2) is 0 Å². The smallest absolute Gasteiger partial charge is 0.306 e. The minimum atomic E-state index is -0.384. The molecule has 0 aromatic rings. The molecule has 1 aliphatic heterocycles. The Morgan fingerprint density at radius 3 is 2.67 bits per heavy atom. The number of carbonyl (C=O) groups is 3. The maximum Gasteiger partial charge on any atom is 0.306 e. The standard InChI is InChI=1S/C12H16O6/c1-6(13)16-5-9-8-3-12(15)18-10(8)4-11(9)17-7(2)14/h8-11H,3-5H2,1-2H3/t8-,9-,10-,11+/m1/s1. The summed E-state index contributed by atoms with van der Waals surface area (Å²) in [5.41, 5.74) is 0. The van der Waals surface area contributed by atoms with Crippen molar-refractivity contribution in [1.29, 1.82) is 0 Å². The summed E-state index contributed by atoms with van der Waals surface area (Å²) in [4.78, 5) is 33.1. The molecule has 100 valence electrons. The first-order chi connectivity index (χ1) is 8.47. The maximum atomic E-state index is 11.2. The van der Waals surface area contributed by atoms with Crippen LogP contribution in [0, 0.1) is 11.8 Å². The molecular formula is C12H16O6. The molecule has 0 aromatic heterocycles. The first-order valence-electron chi connectivity index (χ1n) is 5.97. The van der Waals surface area contributed by atoms with Crippen LogP contribution >= 0.6 is 0 Å². The SMILES string of the molecule is CC(=O)OC[C@@H]1[C@H]2CC(=O)O[C@@H]2C[C@@H]1OC(C)=O. The van der Waals surface area contributed by atoms with E-state index in [2.05, 4.69) is 0 Å². The molecule has 1 saturated heterocycles. The highest BCUT2D eigenvalue weighted by molar-refractivity contribution is 5.72. The molecule has 6 heteroatoms. The van der Waals surface area contributed by atoms with E-state index in [1.54, 1.807) is 0 Å². The van der Waals surface area contributed by atoms with Crippen molar-refractivity contribution in [2.24, 2.45) is 11.8 Å². The van der Waals surface area contributed by atoms with Crippen molar-refractivity contribution in [3.8, 4) is 0 Å². The van der Waals surface area contributed by atoms with Crippen LogP contribution in [0.25, 0.3) is 0 Å². The summed E-state index contributed by atoms with van der Waals surface area (Å²) >= 11 is 0. The third-order valence-electron chi connectivity index (χ3n) is 3.45. The zero-order chi connectivity index (χ0) is 13.3. The minimum Gasteiger partial charge on any atom is -0.465 e. The molecule has 2 fully saturated rings. The maximum absolute atomic E-state index is 11.2. The van der Waals surface area contributed by atoms with Gasteiger partial charge in [0.25, 0.3) is 0 Å². The van der Waals surface area contributed by atoms with E-state index in [4.69, 9.17) is 14.2 Å². The molecular weight excluding hydrogens is 240 g/mol. The highest BCUT2D eigenvalue weighted by Gasteiger charge is 2.51. The molecule has 0 bridgehead atoms. The molecule has 2 aliphatic rings. The predicted octanol–water partition coefficient (Wildman–Crippen LogP) is 0.433. The van der Waals surface area contributed by atoms with E-state index >= 15 is 0 Å². The summed E-state index contributed by atoms with van der Waals surface area (Å²) in [6.07, 6.45) is 0.225. The van der Waals surface area contributed by atoms with Crippen molar-refractivity contribution in [1.82, 2.24) is 0 Å². The van der Waals surface area contributed by atoms with Crippen LogP contribution in [0.1, 0.15) is 26.7 Å². The normalized spacial score (nSPS) is 33.8. The topological polar surface area (TPSA) is 78.9 Å². The van der Waals surface area contributed by atoms with Crippen molar-refractivity contribution < 1.29 is 28.6 Å². The lowest BCUT2D eigenvalue weighted by atomic mass is 9.93. The highest BCUT2D eigenvalue weighted by Crippen LogP contribution is 2.42. The molecule has 0 spiro atoms. The second-order valence-corrected chi connectivity index (χ2v) is 4.75. The van der Waals surface area contributed by atoms with E-state index in [-0.39, 0.29) is 48.6 Å². The van der Waals surface area contributed by atoms with E-state index in [1.807, 2.05) is 0 Å². The Labute approximate surface area is 105 Å². The second-order valence-electron chi connectivity index (χ2n) is 4.75. The first-order valence-corrected chi connectivity index (χ1v) is 5.97. The fourth-order valence-corrected chi connectivity index (χ4v) is 2.75. The van der Waals surface area contributed by atoms with Crippen LogP contribution in [0.3, 0.4) is 0 Å². The lowest BCUT2D eigenvalue weighted by molar-refractivity contribution is -0.152. The van der Waals surface area contributed by atoms with Gasteiger partial charge in [-0.05, 0) is 0 Å². The van der Waals surface area contributed by atoms with Crippen molar-refractivity contribution in [2.75, 3.05) is 6.61 Å². The fraction of sp³-hybridized carbons (Fsp3) is 0.750. The molecule has 1 aliphatic carbocycles. The monoisotopic (exact) mass is 256 g/mol. The van der Waals surface area contributed by atoms with Crippen LogP contribution in [-0.4, -0.2) is 36.7 Å². The Hall–Kier alpha value is -1.59. The van der Waals surface area contributed by atoms with Gasteiger partial charge in [0.2, 0.25) is 0 Å². The number of rotatable bonds is 3. The summed E-state index contributed by atoms with van der Waals surface area (Å²) in [6, 6.07) is 0. The number of hydrogen-bond acceptors (Lipinski definition) is 6. The van der Waals surface area contributed by atoms with Gasteiger partial charge in [-0.15, -0.1) is 0 Å². The summed E-state index contributed by atoms with van der Waals surface area (Å²) in [5, 5.41) is 0. The summed E-state index contributed by atoms with van der Waals surface area (Å²) in [7, 11) is 0. The molecule has 4 atom stereocenters. The van der Waals surface area contributed by atoms with Crippen LogP contribution in [-0.2, 0) is 28.6 Å². The number of esters is 3. The van der Waals surface area contributed by atoms with Gasteiger partial charge in [0.15, 0.2) is 0 Å². The van der Waals surface area contributed by atoms with Gasteiger partial charge in [-0.1, -0.05) is 0 Å². The van der Waals surface area contributed by atoms with E-state index in [0.29, 0.717) is 12.8 Å². The Balaban J connectivity index is 2.04. The Kier molecular flexibility index (Phi) is 3.54. The van der Waals surface area contributed by atoms with E-state index in [0.717, 1.165) is 0 Å².